The zero-order valence-electron chi connectivity index (χ0n) is 7.49. The molecule has 0 aliphatic carbocycles. The van der Waals surface area contributed by atoms with Crippen LogP contribution in [0, 0.1) is 0 Å². The summed E-state index contributed by atoms with van der Waals surface area (Å²) in [5, 5.41) is 2.97. The number of rotatable bonds is 7. The van der Waals surface area contributed by atoms with E-state index in [9.17, 15) is 13.2 Å². The standard InChI is InChI=1S/C7H14F3NO2/c1-2-11-3-4-12-5-6-13-7(8,9)10/h11H,2-6H2,1H3. The van der Waals surface area contributed by atoms with Gasteiger partial charge in [0.1, 0.15) is 0 Å². The average molecular weight is 201 g/mol. The van der Waals surface area contributed by atoms with Crippen molar-refractivity contribution in [2.24, 2.45) is 0 Å². The molecular weight excluding hydrogens is 187 g/mol. The van der Waals surface area contributed by atoms with Gasteiger partial charge in [-0.15, -0.1) is 13.2 Å². The van der Waals surface area contributed by atoms with Crippen LogP contribution in [0.3, 0.4) is 0 Å². The van der Waals surface area contributed by atoms with Gasteiger partial charge in [0.05, 0.1) is 19.8 Å². The average Bonchev–Trinajstić information content (AvgIpc) is 2.01. The van der Waals surface area contributed by atoms with E-state index >= 15 is 0 Å². The van der Waals surface area contributed by atoms with Gasteiger partial charge in [0, 0.05) is 6.54 Å². The van der Waals surface area contributed by atoms with Gasteiger partial charge in [0.25, 0.3) is 0 Å². The van der Waals surface area contributed by atoms with Crippen LogP contribution in [-0.4, -0.2) is 39.3 Å². The first-order valence-corrected chi connectivity index (χ1v) is 4.05. The summed E-state index contributed by atoms with van der Waals surface area (Å²) in [6.45, 7) is 3.31. The van der Waals surface area contributed by atoms with Gasteiger partial charge in [0.15, 0.2) is 0 Å². The Hall–Kier alpha value is -0.330. The highest BCUT2D eigenvalue weighted by atomic mass is 19.4. The first-order valence-electron chi connectivity index (χ1n) is 4.05. The molecule has 0 fully saturated rings. The highest BCUT2D eigenvalue weighted by Crippen LogP contribution is 2.15. The molecule has 80 valence electrons. The van der Waals surface area contributed by atoms with E-state index in [1.165, 1.54) is 0 Å². The molecule has 1 N–H and O–H groups in total. The molecule has 0 rings (SSSR count). The number of ether oxygens (including phenoxy) is 2. The van der Waals surface area contributed by atoms with Crippen LogP contribution in [0.4, 0.5) is 13.2 Å². The van der Waals surface area contributed by atoms with Crippen LogP contribution in [-0.2, 0) is 9.47 Å². The van der Waals surface area contributed by atoms with Crippen molar-refractivity contribution >= 4 is 0 Å². The Morgan fingerprint density at radius 2 is 1.85 bits per heavy atom. The van der Waals surface area contributed by atoms with Crippen molar-refractivity contribution in [1.29, 1.82) is 0 Å². The minimum absolute atomic E-state index is 0.0368. The van der Waals surface area contributed by atoms with Crippen molar-refractivity contribution in [3.63, 3.8) is 0 Å². The molecule has 0 aromatic carbocycles. The minimum atomic E-state index is -4.55. The van der Waals surface area contributed by atoms with Crippen LogP contribution >= 0.6 is 0 Å². The number of hydrogen-bond donors (Lipinski definition) is 1. The Balaban J connectivity index is 3.00. The second kappa shape index (κ2) is 7.11. The van der Waals surface area contributed by atoms with E-state index in [0.717, 1.165) is 6.54 Å². The summed E-state index contributed by atoms with van der Waals surface area (Å²) >= 11 is 0. The lowest BCUT2D eigenvalue weighted by Gasteiger charge is -2.07. The van der Waals surface area contributed by atoms with Gasteiger partial charge in [-0.25, -0.2) is 0 Å². The van der Waals surface area contributed by atoms with Gasteiger partial charge < -0.3 is 10.1 Å². The maximum atomic E-state index is 11.4. The van der Waals surface area contributed by atoms with Crippen molar-refractivity contribution < 1.29 is 22.6 Å². The molecule has 0 radical (unpaired) electrons. The topological polar surface area (TPSA) is 30.5 Å². The Morgan fingerprint density at radius 1 is 1.15 bits per heavy atom. The van der Waals surface area contributed by atoms with Crippen molar-refractivity contribution in [1.82, 2.24) is 5.32 Å². The highest BCUT2D eigenvalue weighted by Gasteiger charge is 2.28. The van der Waals surface area contributed by atoms with E-state index in [4.69, 9.17) is 4.74 Å². The molecule has 0 bridgehead atoms. The number of alkyl halides is 3. The predicted octanol–water partition coefficient (Wildman–Crippen LogP) is 1.15. The Morgan fingerprint density at radius 3 is 2.38 bits per heavy atom. The Kier molecular flexibility index (Phi) is 6.93. The summed E-state index contributed by atoms with van der Waals surface area (Å²) in [7, 11) is 0. The summed E-state index contributed by atoms with van der Waals surface area (Å²) in [4.78, 5) is 0. The second-order valence-electron chi connectivity index (χ2n) is 2.26. The number of halogens is 3. The van der Waals surface area contributed by atoms with Gasteiger partial charge in [0.2, 0.25) is 0 Å². The molecule has 0 aliphatic heterocycles. The Labute approximate surface area is 75.2 Å². The highest BCUT2D eigenvalue weighted by molar-refractivity contribution is 4.40. The third kappa shape index (κ3) is 11.7. The smallest absolute Gasteiger partial charge is 0.378 e. The fourth-order valence-electron chi connectivity index (χ4n) is 0.639. The summed E-state index contributed by atoms with van der Waals surface area (Å²) in [5.74, 6) is 0. The van der Waals surface area contributed by atoms with Gasteiger partial charge in [-0.1, -0.05) is 6.92 Å². The van der Waals surface area contributed by atoms with Crippen LogP contribution < -0.4 is 5.32 Å². The molecular formula is C7H14F3NO2. The minimum Gasteiger partial charge on any atom is -0.378 e. The van der Waals surface area contributed by atoms with Crippen molar-refractivity contribution in [2.45, 2.75) is 13.3 Å². The zero-order chi connectivity index (χ0) is 10.2. The second-order valence-corrected chi connectivity index (χ2v) is 2.26. The molecule has 3 nitrogen and oxygen atoms in total. The lowest BCUT2D eigenvalue weighted by Crippen LogP contribution is -2.21. The molecule has 0 heterocycles. The van der Waals surface area contributed by atoms with E-state index in [2.05, 4.69) is 10.1 Å². The quantitative estimate of drug-likeness (QED) is 0.627. The fourth-order valence-corrected chi connectivity index (χ4v) is 0.639. The molecule has 13 heavy (non-hydrogen) atoms. The van der Waals surface area contributed by atoms with Crippen LogP contribution in [0.25, 0.3) is 0 Å². The molecule has 0 saturated carbocycles. The normalized spacial score (nSPS) is 12.0. The SMILES string of the molecule is CCNCCOCCOC(F)(F)F. The van der Waals surface area contributed by atoms with Crippen LogP contribution in [0.5, 0.6) is 0 Å². The molecule has 0 spiro atoms. The van der Waals surface area contributed by atoms with E-state index < -0.39 is 13.0 Å². The van der Waals surface area contributed by atoms with Crippen LogP contribution in [0.2, 0.25) is 0 Å². The lowest BCUT2D eigenvalue weighted by atomic mass is 10.6. The van der Waals surface area contributed by atoms with E-state index in [-0.39, 0.29) is 6.61 Å². The van der Waals surface area contributed by atoms with E-state index in [0.29, 0.717) is 13.2 Å². The monoisotopic (exact) mass is 201 g/mol. The molecule has 6 heteroatoms. The van der Waals surface area contributed by atoms with Crippen LogP contribution in [0.15, 0.2) is 0 Å². The molecule has 0 aromatic heterocycles. The van der Waals surface area contributed by atoms with Crippen LogP contribution in [0.1, 0.15) is 6.92 Å². The third-order valence-electron chi connectivity index (χ3n) is 1.17. The fraction of sp³-hybridized carbons (Fsp3) is 1.00. The summed E-state index contributed by atoms with van der Waals surface area (Å²) in [6.07, 6.45) is -4.55. The largest absolute Gasteiger partial charge is 0.522 e. The first-order chi connectivity index (χ1) is 6.06. The Bertz CT molecular complexity index is 119. The van der Waals surface area contributed by atoms with E-state index in [1.54, 1.807) is 0 Å². The summed E-state index contributed by atoms with van der Waals surface area (Å²) in [6, 6.07) is 0. The van der Waals surface area contributed by atoms with Gasteiger partial charge in [-0.3, -0.25) is 4.74 Å². The van der Waals surface area contributed by atoms with Gasteiger partial charge >= 0.3 is 6.36 Å². The van der Waals surface area contributed by atoms with Crippen molar-refractivity contribution in [3.05, 3.63) is 0 Å². The lowest BCUT2D eigenvalue weighted by molar-refractivity contribution is -0.327. The molecule has 0 amide bonds. The zero-order valence-corrected chi connectivity index (χ0v) is 7.49. The summed E-state index contributed by atoms with van der Waals surface area (Å²) < 4.78 is 42.5. The van der Waals surface area contributed by atoms with Gasteiger partial charge in [-0.2, -0.15) is 0 Å². The van der Waals surface area contributed by atoms with E-state index in [1.807, 2.05) is 6.92 Å². The molecule has 0 aromatic rings. The third-order valence-corrected chi connectivity index (χ3v) is 1.17. The number of nitrogens with one attached hydrogen (secondary N) is 1. The van der Waals surface area contributed by atoms with Crippen molar-refractivity contribution in [2.75, 3.05) is 32.9 Å². The van der Waals surface area contributed by atoms with Gasteiger partial charge in [-0.05, 0) is 6.54 Å². The number of hydrogen-bond acceptors (Lipinski definition) is 3. The molecule has 0 saturated heterocycles. The van der Waals surface area contributed by atoms with Crippen molar-refractivity contribution in [3.8, 4) is 0 Å². The molecule has 0 aliphatic rings. The summed E-state index contributed by atoms with van der Waals surface area (Å²) in [5.41, 5.74) is 0. The first kappa shape index (κ1) is 12.7. The predicted molar refractivity (Wildman–Crippen MR) is 41.4 cm³/mol. The maximum Gasteiger partial charge on any atom is 0.522 e. The molecule has 0 unspecified atom stereocenters. The number of likely N-dealkylation sites (N-methyl/N-ethyl adjacent to an activating group) is 1. The maximum absolute atomic E-state index is 11.4. The molecule has 0 atom stereocenters.